The Morgan fingerprint density at radius 3 is 2.33 bits per heavy atom. The first-order chi connectivity index (χ1) is 12.8. The van der Waals surface area contributed by atoms with E-state index in [4.69, 9.17) is 12.2 Å². The first kappa shape index (κ1) is 18.7. The zero-order chi connectivity index (χ0) is 19.6. The van der Waals surface area contributed by atoms with Gasteiger partial charge in [0.1, 0.15) is 0 Å². The number of aromatic nitrogens is 3. The second-order valence-corrected chi connectivity index (χ2v) is 7.47. The number of nitrogens with one attached hydrogen (secondary N) is 1. The molecule has 0 spiro atoms. The lowest BCUT2D eigenvalue weighted by Crippen LogP contribution is -2.10. The van der Waals surface area contributed by atoms with Gasteiger partial charge >= 0.3 is 0 Å². The van der Waals surface area contributed by atoms with E-state index in [1.165, 1.54) is 22.4 Å². The van der Waals surface area contributed by atoms with Gasteiger partial charge in [0.05, 0.1) is 11.1 Å². The van der Waals surface area contributed by atoms with Crippen molar-refractivity contribution >= 4 is 24.1 Å². The van der Waals surface area contributed by atoms with Gasteiger partial charge in [-0.2, -0.15) is 14.9 Å². The van der Waals surface area contributed by atoms with Crippen molar-refractivity contribution in [3.63, 3.8) is 0 Å². The van der Waals surface area contributed by atoms with Crippen LogP contribution >= 0.6 is 12.2 Å². The second kappa shape index (κ2) is 7.24. The minimum absolute atomic E-state index is 0.0340. The molecule has 27 heavy (non-hydrogen) atoms. The number of hydrogen-bond donors (Lipinski definition) is 1. The van der Waals surface area contributed by atoms with E-state index in [9.17, 15) is 10.1 Å². The standard InChI is InChI=1S/C19H19N5O2S/c1-19(2,3)15-8-6-14(7-9-15)17-21-22-18(27)23(17)20-12-13-4-10-16(11-5-13)24(25)26/h4-12H,1-3H3,(H,22,27). The smallest absolute Gasteiger partial charge is 0.258 e. The van der Waals surface area contributed by atoms with Crippen molar-refractivity contribution in [1.82, 2.24) is 14.9 Å². The fraction of sp³-hybridized carbons (Fsp3) is 0.211. The Hall–Kier alpha value is -3.13. The molecule has 0 aliphatic heterocycles. The first-order valence-corrected chi connectivity index (χ1v) is 8.74. The molecule has 8 heteroatoms. The molecule has 1 aromatic heterocycles. The van der Waals surface area contributed by atoms with Crippen LogP contribution in [0.2, 0.25) is 0 Å². The van der Waals surface area contributed by atoms with E-state index in [2.05, 4.69) is 48.2 Å². The monoisotopic (exact) mass is 381 g/mol. The van der Waals surface area contributed by atoms with Gasteiger partial charge in [-0.05, 0) is 40.9 Å². The molecule has 3 aromatic rings. The molecule has 1 N–H and O–H groups in total. The molecule has 7 nitrogen and oxygen atoms in total. The number of nitro groups is 1. The Balaban J connectivity index is 1.91. The van der Waals surface area contributed by atoms with Gasteiger partial charge in [-0.15, -0.1) is 0 Å². The van der Waals surface area contributed by atoms with Gasteiger partial charge in [0.15, 0.2) is 5.82 Å². The van der Waals surface area contributed by atoms with Gasteiger partial charge in [0.25, 0.3) is 5.69 Å². The lowest BCUT2D eigenvalue weighted by molar-refractivity contribution is -0.384. The van der Waals surface area contributed by atoms with Crippen LogP contribution in [0.5, 0.6) is 0 Å². The van der Waals surface area contributed by atoms with Gasteiger partial charge < -0.3 is 0 Å². The Bertz CT molecular complexity index is 1040. The summed E-state index contributed by atoms with van der Waals surface area (Å²) in [6, 6.07) is 14.2. The molecule has 0 radical (unpaired) electrons. The maximum Gasteiger partial charge on any atom is 0.269 e. The normalized spacial score (nSPS) is 11.8. The highest BCUT2D eigenvalue weighted by molar-refractivity contribution is 7.71. The summed E-state index contributed by atoms with van der Waals surface area (Å²) in [5.41, 5.74) is 2.93. The minimum Gasteiger partial charge on any atom is -0.258 e. The molecule has 1 heterocycles. The molecule has 0 saturated carbocycles. The summed E-state index contributed by atoms with van der Waals surface area (Å²) in [6.07, 6.45) is 1.59. The summed E-state index contributed by atoms with van der Waals surface area (Å²) in [5, 5.41) is 22.1. The number of non-ortho nitro benzene ring substituents is 1. The van der Waals surface area contributed by atoms with Crippen LogP contribution in [0.1, 0.15) is 31.9 Å². The van der Waals surface area contributed by atoms with E-state index in [0.29, 0.717) is 10.6 Å². The van der Waals surface area contributed by atoms with Crippen molar-refractivity contribution in [2.45, 2.75) is 26.2 Å². The number of aromatic amines is 1. The fourth-order valence-corrected chi connectivity index (χ4v) is 2.69. The van der Waals surface area contributed by atoms with E-state index < -0.39 is 4.92 Å². The van der Waals surface area contributed by atoms with E-state index in [1.54, 1.807) is 18.3 Å². The van der Waals surface area contributed by atoms with Crippen molar-refractivity contribution in [1.29, 1.82) is 0 Å². The Labute approximate surface area is 161 Å². The van der Waals surface area contributed by atoms with Crippen molar-refractivity contribution in [2.75, 3.05) is 0 Å². The molecule has 0 bridgehead atoms. The number of H-pyrrole nitrogens is 1. The predicted octanol–water partition coefficient (Wildman–Crippen LogP) is 4.70. The third kappa shape index (κ3) is 4.17. The summed E-state index contributed by atoms with van der Waals surface area (Å²) in [5.74, 6) is 0.596. The van der Waals surface area contributed by atoms with Crippen molar-refractivity contribution < 1.29 is 4.92 Å². The Kier molecular flexibility index (Phi) is 5.00. The van der Waals surface area contributed by atoms with Crippen LogP contribution in [-0.2, 0) is 5.41 Å². The second-order valence-electron chi connectivity index (χ2n) is 7.08. The van der Waals surface area contributed by atoms with Crippen LogP contribution in [0.4, 0.5) is 5.69 Å². The average Bonchev–Trinajstić information content (AvgIpc) is 3.00. The highest BCUT2D eigenvalue weighted by atomic mass is 32.1. The van der Waals surface area contributed by atoms with Crippen LogP contribution in [0, 0.1) is 14.9 Å². The highest BCUT2D eigenvalue weighted by Gasteiger charge is 2.14. The van der Waals surface area contributed by atoms with Crippen molar-refractivity contribution in [3.05, 3.63) is 74.5 Å². The van der Waals surface area contributed by atoms with Crippen molar-refractivity contribution in [2.24, 2.45) is 5.10 Å². The molecule has 138 valence electrons. The molecule has 0 amide bonds. The maximum absolute atomic E-state index is 10.7. The van der Waals surface area contributed by atoms with Crippen LogP contribution in [0.3, 0.4) is 0 Å². The summed E-state index contributed by atoms with van der Waals surface area (Å²) in [6.45, 7) is 6.48. The third-order valence-corrected chi connectivity index (χ3v) is 4.35. The molecule has 2 aromatic carbocycles. The van der Waals surface area contributed by atoms with E-state index in [1.807, 2.05) is 12.1 Å². The largest absolute Gasteiger partial charge is 0.269 e. The number of nitro benzene ring substituents is 1. The number of benzene rings is 2. The van der Waals surface area contributed by atoms with Crippen LogP contribution in [0.15, 0.2) is 53.6 Å². The van der Waals surface area contributed by atoms with Gasteiger partial charge in [-0.1, -0.05) is 45.0 Å². The lowest BCUT2D eigenvalue weighted by Gasteiger charge is -2.18. The molecule has 3 rings (SSSR count). The molecule has 0 saturated heterocycles. The van der Waals surface area contributed by atoms with Crippen LogP contribution in [0.25, 0.3) is 11.4 Å². The maximum atomic E-state index is 10.7. The quantitative estimate of drug-likeness (QED) is 0.307. The van der Waals surface area contributed by atoms with E-state index in [0.717, 1.165) is 11.1 Å². The summed E-state index contributed by atoms with van der Waals surface area (Å²) >= 11 is 5.27. The SMILES string of the molecule is CC(C)(C)c1ccc(-c2n[nH]c(=S)n2N=Cc2ccc([N+](=O)[O-])cc2)cc1. The number of hydrogen-bond acceptors (Lipinski definition) is 5. The topological polar surface area (TPSA) is 89.1 Å². The van der Waals surface area contributed by atoms with Crippen molar-refractivity contribution in [3.8, 4) is 11.4 Å². The molecular formula is C19H19N5O2S. The molecule has 0 aliphatic carbocycles. The molecule has 0 unspecified atom stereocenters. The zero-order valence-corrected chi connectivity index (χ0v) is 16.0. The summed E-state index contributed by atoms with van der Waals surface area (Å²) in [4.78, 5) is 10.3. The van der Waals surface area contributed by atoms with Gasteiger partial charge in [0.2, 0.25) is 4.77 Å². The zero-order valence-electron chi connectivity index (χ0n) is 15.2. The van der Waals surface area contributed by atoms with E-state index >= 15 is 0 Å². The third-order valence-electron chi connectivity index (χ3n) is 4.09. The fourth-order valence-electron chi connectivity index (χ4n) is 2.51. The van der Waals surface area contributed by atoms with Gasteiger partial charge in [-0.25, -0.2) is 5.10 Å². The van der Waals surface area contributed by atoms with Crippen LogP contribution in [-0.4, -0.2) is 26.0 Å². The summed E-state index contributed by atoms with van der Waals surface area (Å²) < 4.78 is 1.89. The first-order valence-electron chi connectivity index (χ1n) is 8.33. The van der Waals surface area contributed by atoms with E-state index in [-0.39, 0.29) is 11.1 Å². The van der Waals surface area contributed by atoms with Gasteiger partial charge in [0, 0.05) is 17.7 Å². The number of rotatable bonds is 4. The predicted molar refractivity (Wildman–Crippen MR) is 108 cm³/mol. The molecule has 0 fully saturated rings. The molecule has 0 atom stereocenters. The summed E-state index contributed by atoms with van der Waals surface area (Å²) in [7, 11) is 0. The molecular weight excluding hydrogens is 362 g/mol. The molecule has 0 aliphatic rings. The Morgan fingerprint density at radius 1 is 1.15 bits per heavy atom. The lowest BCUT2D eigenvalue weighted by atomic mass is 9.87. The number of nitrogens with zero attached hydrogens (tertiary/aromatic N) is 4. The minimum atomic E-state index is -0.438. The Morgan fingerprint density at radius 2 is 1.78 bits per heavy atom. The average molecular weight is 381 g/mol. The van der Waals surface area contributed by atoms with Crippen LogP contribution < -0.4 is 0 Å². The highest BCUT2D eigenvalue weighted by Crippen LogP contribution is 2.25. The van der Waals surface area contributed by atoms with Gasteiger partial charge in [-0.3, -0.25) is 10.1 Å².